The highest BCUT2D eigenvalue weighted by Gasteiger charge is 2.45. The van der Waals surface area contributed by atoms with Gasteiger partial charge in [-0.15, -0.1) is 4.91 Å². The fraction of sp³-hybridized carbons (Fsp3) is 0.214. The highest BCUT2D eigenvalue weighted by molar-refractivity contribution is 6.30. The van der Waals surface area contributed by atoms with Gasteiger partial charge in [-0.05, 0) is 42.8 Å². The maximum absolute atomic E-state index is 13.7. The third-order valence-corrected chi connectivity index (χ3v) is 7.18. The molecule has 1 unspecified atom stereocenters. The molecular weight excluding hydrogens is 548 g/mol. The van der Waals surface area contributed by atoms with Crippen LogP contribution in [0.1, 0.15) is 18.9 Å². The highest BCUT2D eigenvalue weighted by Crippen LogP contribution is 2.28. The van der Waals surface area contributed by atoms with Crippen LogP contribution in [0, 0.1) is 4.91 Å². The third kappa shape index (κ3) is 5.47. The summed E-state index contributed by atoms with van der Waals surface area (Å²) in [6.45, 7) is 1.53. The Morgan fingerprint density at radius 2 is 1.78 bits per heavy atom. The Bertz CT molecular complexity index is 1630. The van der Waals surface area contributed by atoms with Crippen LogP contribution >= 0.6 is 11.6 Å². The first-order chi connectivity index (χ1) is 19.7. The van der Waals surface area contributed by atoms with Crippen molar-refractivity contribution in [2.75, 3.05) is 5.32 Å². The van der Waals surface area contributed by atoms with Gasteiger partial charge < -0.3 is 9.88 Å². The first-order valence-electron chi connectivity index (χ1n) is 12.7. The zero-order valence-electron chi connectivity index (χ0n) is 22.3. The maximum Gasteiger partial charge on any atom is 0.345 e. The molecule has 5 amide bonds. The summed E-state index contributed by atoms with van der Waals surface area (Å²) >= 11 is 6.04. The number of nitrogens with two attached hydrogens (primary N) is 1. The van der Waals surface area contributed by atoms with E-state index in [1.807, 2.05) is 60.1 Å². The molecule has 1 aromatic heterocycles. The molecule has 2 heterocycles. The lowest BCUT2D eigenvalue weighted by atomic mass is 10.1. The number of aromatic nitrogens is 2. The van der Waals surface area contributed by atoms with E-state index in [2.05, 4.69) is 10.5 Å². The van der Waals surface area contributed by atoms with Gasteiger partial charge in [-0.2, -0.15) is 0 Å². The second-order valence-corrected chi connectivity index (χ2v) is 10.2. The van der Waals surface area contributed by atoms with Crippen molar-refractivity contribution >= 4 is 46.3 Å². The second kappa shape index (κ2) is 11.4. The number of rotatable bonds is 8. The van der Waals surface area contributed by atoms with Crippen molar-refractivity contribution in [2.24, 2.45) is 18.1 Å². The van der Waals surface area contributed by atoms with E-state index in [0.717, 1.165) is 32.4 Å². The lowest BCUT2D eigenvalue weighted by Crippen LogP contribution is -2.71. The molecule has 1 aliphatic heterocycles. The Balaban J connectivity index is 1.48. The van der Waals surface area contributed by atoms with Gasteiger partial charge in [-0.1, -0.05) is 54.1 Å². The number of urea groups is 2. The molecular formula is C28H27ClN8O4. The monoisotopic (exact) mass is 574 g/mol. The van der Waals surface area contributed by atoms with E-state index in [9.17, 15) is 19.3 Å². The average molecular weight is 575 g/mol. The number of carbonyl (C=O) groups excluding carboxylic acids is 3. The number of aryl methyl sites for hydroxylation is 1. The normalized spacial score (nSPS) is 16.3. The summed E-state index contributed by atoms with van der Waals surface area (Å²) in [5.74, 6) is 6.09. The number of benzene rings is 3. The van der Waals surface area contributed by atoms with E-state index in [0.29, 0.717) is 16.2 Å². The summed E-state index contributed by atoms with van der Waals surface area (Å²) in [7, 11) is 1.93. The molecule has 3 N–H and O–H groups in total. The highest BCUT2D eigenvalue weighted by atomic mass is 35.5. The number of anilines is 1. The number of nitrogens with zero attached hydrogens (tertiary/aromatic N) is 6. The Labute approximate surface area is 240 Å². The number of carbonyl (C=O) groups is 3. The van der Waals surface area contributed by atoms with Gasteiger partial charge in [0.2, 0.25) is 6.29 Å². The standard InChI is InChI=1S/C28H27ClN8O4/c1-17(14-24(38)33-41)36-27(39)35(16-18-8-10-20(29)11-9-18)26(37(30)28(36)40)31-21-12-13-23-22(15-21)32-25(34(23)2)19-6-4-3-5-7-19/h3-13,15,17,26,31H,14,16,30H2,1-2H3/t17-,26?/m0/s1. The number of hydrazine groups is 1. The number of nitrogens with one attached hydrogen (secondary N) is 1. The number of imidazole rings is 1. The Hall–Kier alpha value is -4.81. The van der Waals surface area contributed by atoms with Crippen LogP contribution in [0.5, 0.6) is 0 Å². The molecule has 2 atom stereocenters. The van der Waals surface area contributed by atoms with E-state index in [-0.39, 0.29) is 6.54 Å². The zero-order valence-corrected chi connectivity index (χ0v) is 23.0. The van der Waals surface area contributed by atoms with Crippen LogP contribution in [0.15, 0.2) is 78.0 Å². The molecule has 1 aliphatic rings. The molecule has 41 heavy (non-hydrogen) atoms. The van der Waals surface area contributed by atoms with Crippen molar-refractivity contribution in [2.45, 2.75) is 32.2 Å². The van der Waals surface area contributed by atoms with Gasteiger partial charge in [-0.25, -0.2) is 30.3 Å². The number of amides is 5. The van der Waals surface area contributed by atoms with Crippen LogP contribution in [-0.2, 0) is 18.4 Å². The van der Waals surface area contributed by atoms with Crippen LogP contribution in [0.3, 0.4) is 0 Å². The molecule has 0 aliphatic carbocycles. The molecule has 1 saturated heterocycles. The predicted molar refractivity (Wildman–Crippen MR) is 154 cm³/mol. The van der Waals surface area contributed by atoms with Gasteiger partial charge in [0.15, 0.2) is 0 Å². The van der Waals surface area contributed by atoms with Crippen LogP contribution in [-0.4, -0.2) is 54.7 Å². The molecule has 5 rings (SSSR count). The van der Waals surface area contributed by atoms with Crippen molar-refractivity contribution < 1.29 is 14.4 Å². The first-order valence-corrected chi connectivity index (χ1v) is 13.1. The minimum atomic E-state index is -1.09. The van der Waals surface area contributed by atoms with Crippen LogP contribution in [0.25, 0.3) is 22.4 Å². The van der Waals surface area contributed by atoms with Crippen molar-refractivity contribution in [3.63, 3.8) is 0 Å². The minimum absolute atomic E-state index is 0.0573. The Morgan fingerprint density at radius 3 is 2.46 bits per heavy atom. The van der Waals surface area contributed by atoms with Crippen molar-refractivity contribution in [1.29, 1.82) is 0 Å². The lowest BCUT2D eigenvalue weighted by molar-refractivity contribution is -0.118. The van der Waals surface area contributed by atoms with Crippen LogP contribution in [0.4, 0.5) is 15.3 Å². The van der Waals surface area contributed by atoms with Gasteiger partial charge in [0.25, 0.3) is 5.91 Å². The molecule has 13 heteroatoms. The third-order valence-electron chi connectivity index (χ3n) is 6.92. The van der Waals surface area contributed by atoms with Gasteiger partial charge in [-0.3, -0.25) is 9.69 Å². The molecule has 3 aromatic carbocycles. The topological polar surface area (TPSA) is 146 Å². The van der Waals surface area contributed by atoms with E-state index in [1.54, 1.807) is 24.3 Å². The van der Waals surface area contributed by atoms with Crippen molar-refractivity contribution in [3.05, 3.63) is 88.3 Å². The summed E-state index contributed by atoms with van der Waals surface area (Å²) in [4.78, 5) is 56.4. The Morgan fingerprint density at radius 1 is 1.07 bits per heavy atom. The molecule has 0 spiro atoms. The molecule has 0 saturated carbocycles. The number of hydrogen-bond donors (Lipinski definition) is 2. The molecule has 0 bridgehead atoms. The van der Waals surface area contributed by atoms with E-state index in [1.165, 1.54) is 11.8 Å². The quantitative estimate of drug-likeness (QED) is 0.173. The van der Waals surface area contributed by atoms with Crippen LogP contribution in [0.2, 0.25) is 5.02 Å². The number of halogens is 1. The number of fused-ring (bicyclic) bond motifs is 1. The van der Waals surface area contributed by atoms with Gasteiger partial charge in [0.05, 0.1) is 24.0 Å². The second-order valence-electron chi connectivity index (χ2n) is 9.72. The molecule has 0 radical (unpaired) electrons. The minimum Gasteiger partial charge on any atom is -0.347 e. The van der Waals surface area contributed by atoms with Crippen molar-refractivity contribution in [3.8, 4) is 11.4 Å². The predicted octanol–water partition coefficient (Wildman–Crippen LogP) is 4.89. The average Bonchev–Trinajstić information content (AvgIpc) is 3.30. The first kappa shape index (κ1) is 27.7. The summed E-state index contributed by atoms with van der Waals surface area (Å²) in [6, 6.07) is 19.7. The fourth-order valence-electron chi connectivity index (χ4n) is 4.83. The van der Waals surface area contributed by atoms with Gasteiger partial charge in [0.1, 0.15) is 5.82 Å². The molecule has 1 fully saturated rings. The largest absolute Gasteiger partial charge is 0.347 e. The summed E-state index contributed by atoms with van der Waals surface area (Å²) in [5.41, 5.74) is 3.85. The van der Waals surface area contributed by atoms with Crippen molar-refractivity contribution in [1.82, 2.24) is 24.4 Å². The zero-order chi connectivity index (χ0) is 29.3. The summed E-state index contributed by atoms with van der Waals surface area (Å²) in [5, 5.41) is 6.98. The summed E-state index contributed by atoms with van der Waals surface area (Å²) < 4.78 is 1.99. The van der Waals surface area contributed by atoms with Crippen LogP contribution < -0.4 is 11.2 Å². The fourth-order valence-corrected chi connectivity index (χ4v) is 4.96. The number of imide groups is 1. The molecule has 4 aromatic rings. The smallest absolute Gasteiger partial charge is 0.345 e. The number of hydrogen-bond acceptors (Lipinski definition) is 7. The SMILES string of the molecule is C[C@@H](CC(=O)N=O)N1C(=O)N(N)C(Nc2ccc3c(c2)nc(-c2ccccc2)n3C)N(Cc2ccc(Cl)cc2)C1=O. The van der Waals surface area contributed by atoms with E-state index < -0.39 is 36.7 Å². The van der Waals surface area contributed by atoms with Gasteiger partial charge in [0, 0.05) is 34.5 Å². The summed E-state index contributed by atoms with van der Waals surface area (Å²) in [6.07, 6.45) is -1.52. The molecule has 12 nitrogen and oxygen atoms in total. The number of nitroso groups, excluding NO2 is 1. The van der Waals surface area contributed by atoms with Gasteiger partial charge >= 0.3 is 12.1 Å². The maximum atomic E-state index is 13.7. The van der Waals surface area contributed by atoms with E-state index >= 15 is 0 Å². The lowest BCUT2D eigenvalue weighted by Gasteiger charge is -2.46. The Kier molecular flexibility index (Phi) is 7.68. The molecule has 210 valence electrons. The van der Waals surface area contributed by atoms with E-state index in [4.69, 9.17) is 22.4 Å².